The summed E-state index contributed by atoms with van der Waals surface area (Å²) in [5, 5.41) is 6.56. The minimum absolute atomic E-state index is 0. The highest BCUT2D eigenvalue weighted by Gasteiger charge is 2.13. The molecule has 0 radical (unpaired) electrons. The van der Waals surface area contributed by atoms with E-state index in [1.165, 1.54) is 0 Å². The molecule has 1 aromatic rings. The van der Waals surface area contributed by atoms with Crippen molar-refractivity contribution in [3.05, 3.63) is 24.3 Å². The molecule has 0 saturated carbocycles. The number of hydrogen-bond acceptors (Lipinski definition) is 3. The lowest BCUT2D eigenvalue weighted by Crippen LogP contribution is -2.49. The van der Waals surface area contributed by atoms with Crippen LogP contribution in [0.15, 0.2) is 29.3 Å². The highest BCUT2D eigenvalue weighted by Crippen LogP contribution is 2.19. The summed E-state index contributed by atoms with van der Waals surface area (Å²) < 4.78 is 11.0. The van der Waals surface area contributed by atoms with Gasteiger partial charge in [0.1, 0.15) is 17.6 Å². The van der Waals surface area contributed by atoms with Crippen molar-refractivity contribution in [3.8, 4) is 11.5 Å². The fraction of sp³-hybridized carbons (Fsp3) is 0.562. The Bertz CT molecular complexity index is 473. The predicted molar refractivity (Wildman–Crippen MR) is 103 cm³/mol. The highest BCUT2D eigenvalue weighted by atomic mass is 127. The monoisotopic (exact) mass is 421 g/mol. The molecule has 126 valence electrons. The van der Waals surface area contributed by atoms with Gasteiger partial charge in [-0.2, -0.15) is 0 Å². The van der Waals surface area contributed by atoms with Crippen molar-refractivity contribution >= 4 is 29.9 Å². The third-order valence-corrected chi connectivity index (χ3v) is 2.65. The molecule has 0 spiro atoms. The zero-order valence-electron chi connectivity index (χ0n) is 14.3. The standard InChI is InChI=1S/C16H27N3O2.HI/c1-12(11-18-15(17-5)19-16(2,3)4)21-14-9-7-8-13(10-14)20-6;/h7-10,12H,11H2,1-6H3,(H2,17,18,19);1H. The summed E-state index contributed by atoms with van der Waals surface area (Å²) in [5.41, 5.74) is -0.0290. The van der Waals surface area contributed by atoms with Gasteiger partial charge in [0.2, 0.25) is 0 Å². The van der Waals surface area contributed by atoms with Crippen molar-refractivity contribution in [2.24, 2.45) is 4.99 Å². The van der Waals surface area contributed by atoms with Crippen molar-refractivity contribution in [2.75, 3.05) is 20.7 Å². The van der Waals surface area contributed by atoms with Crippen LogP contribution < -0.4 is 20.1 Å². The molecule has 1 atom stereocenters. The van der Waals surface area contributed by atoms with Crippen LogP contribution in [0.2, 0.25) is 0 Å². The van der Waals surface area contributed by atoms with Gasteiger partial charge in [-0.05, 0) is 39.8 Å². The smallest absolute Gasteiger partial charge is 0.191 e. The maximum Gasteiger partial charge on any atom is 0.191 e. The van der Waals surface area contributed by atoms with Gasteiger partial charge in [-0.1, -0.05) is 6.07 Å². The van der Waals surface area contributed by atoms with E-state index in [0.717, 1.165) is 17.5 Å². The Morgan fingerprint density at radius 3 is 2.45 bits per heavy atom. The van der Waals surface area contributed by atoms with E-state index >= 15 is 0 Å². The summed E-state index contributed by atoms with van der Waals surface area (Å²) in [6.45, 7) is 8.95. The van der Waals surface area contributed by atoms with Crippen LogP contribution in [0.4, 0.5) is 0 Å². The van der Waals surface area contributed by atoms with Gasteiger partial charge >= 0.3 is 0 Å². The number of hydrogen-bond donors (Lipinski definition) is 2. The van der Waals surface area contributed by atoms with Gasteiger partial charge in [-0.15, -0.1) is 24.0 Å². The summed E-state index contributed by atoms with van der Waals surface area (Å²) in [6, 6.07) is 7.60. The molecule has 0 aliphatic carbocycles. The van der Waals surface area contributed by atoms with Crippen molar-refractivity contribution in [3.63, 3.8) is 0 Å². The van der Waals surface area contributed by atoms with Crippen LogP contribution in [0, 0.1) is 0 Å². The molecule has 0 heterocycles. The number of nitrogens with one attached hydrogen (secondary N) is 2. The van der Waals surface area contributed by atoms with Crippen LogP contribution in [0.5, 0.6) is 11.5 Å². The van der Waals surface area contributed by atoms with E-state index in [4.69, 9.17) is 9.47 Å². The van der Waals surface area contributed by atoms with Gasteiger partial charge in [0.15, 0.2) is 5.96 Å². The van der Waals surface area contributed by atoms with Gasteiger partial charge < -0.3 is 20.1 Å². The number of benzene rings is 1. The predicted octanol–water partition coefficient (Wildman–Crippen LogP) is 3.04. The second-order valence-electron chi connectivity index (χ2n) is 5.94. The lowest BCUT2D eigenvalue weighted by Gasteiger charge is -2.25. The van der Waals surface area contributed by atoms with Gasteiger partial charge in [-0.3, -0.25) is 4.99 Å². The van der Waals surface area contributed by atoms with Gasteiger partial charge in [-0.25, -0.2) is 0 Å². The molecule has 0 aromatic heterocycles. The summed E-state index contributed by atoms with van der Waals surface area (Å²) in [4.78, 5) is 4.20. The first-order chi connectivity index (χ1) is 9.84. The summed E-state index contributed by atoms with van der Waals surface area (Å²) in [5.74, 6) is 2.35. The topological polar surface area (TPSA) is 54.9 Å². The first-order valence-corrected chi connectivity index (χ1v) is 7.13. The normalized spacial score (nSPS) is 12.9. The molecular formula is C16H28IN3O2. The van der Waals surface area contributed by atoms with Crippen LogP contribution in [0.25, 0.3) is 0 Å². The maximum absolute atomic E-state index is 5.86. The third kappa shape index (κ3) is 8.31. The largest absolute Gasteiger partial charge is 0.497 e. The molecule has 0 fully saturated rings. The quantitative estimate of drug-likeness (QED) is 0.436. The fourth-order valence-electron chi connectivity index (χ4n) is 1.72. The highest BCUT2D eigenvalue weighted by molar-refractivity contribution is 14.0. The minimum atomic E-state index is -0.0290. The number of rotatable bonds is 5. The SMILES string of the molecule is CN=C(NCC(C)Oc1cccc(OC)c1)NC(C)(C)C.I. The Morgan fingerprint density at radius 1 is 1.27 bits per heavy atom. The average Bonchev–Trinajstić information content (AvgIpc) is 2.42. The molecule has 1 unspecified atom stereocenters. The molecule has 22 heavy (non-hydrogen) atoms. The van der Waals surface area contributed by atoms with E-state index in [0.29, 0.717) is 6.54 Å². The van der Waals surface area contributed by atoms with Crippen LogP contribution in [0.1, 0.15) is 27.7 Å². The number of aliphatic imine (C=N–C) groups is 1. The molecule has 1 aromatic carbocycles. The first kappa shape index (κ1) is 20.8. The van der Waals surface area contributed by atoms with Gasteiger partial charge in [0.05, 0.1) is 13.7 Å². The number of ether oxygens (including phenoxy) is 2. The number of halogens is 1. The summed E-state index contributed by atoms with van der Waals surface area (Å²) in [6.07, 6.45) is 0.00984. The van der Waals surface area contributed by atoms with Crippen LogP contribution in [0.3, 0.4) is 0 Å². The van der Waals surface area contributed by atoms with E-state index in [9.17, 15) is 0 Å². The average molecular weight is 421 g/mol. The van der Waals surface area contributed by atoms with Crippen LogP contribution in [-0.2, 0) is 0 Å². The van der Waals surface area contributed by atoms with Crippen LogP contribution in [-0.4, -0.2) is 38.3 Å². The van der Waals surface area contributed by atoms with E-state index in [1.807, 2.05) is 31.2 Å². The Kier molecular flexibility index (Phi) is 9.24. The maximum atomic E-state index is 5.86. The lowest BCUT2D eigenvalue weighted by molar-refractivity contribution is 0.222. The molecule has 6 heteroatoms. The molecule has 0 bridgehead atoms. The van der Waals surface area contributed by atoms with Crippen molar-refractivity contribution < 1.29 is 9.47 Å². The van der Waals surface area contributed by atoms with Gasteiger partial charge in [0.25, 0.3) is 0 Å². The van der Waals surface area contributed by atoms with E-state index < -0.39 is 0 Å². The lowest BCUT2D eigenvalue weighted by atomic mass is 10.1. The first-order valence-electron chi connectivity index (χ1n) is 7.13. The Morgan fingerprint density at radius 2 is 1.91 bits per heavy atom. The number of methoxy groups -OCH3 is 1. The molecule has 0 aliphatic heterocycles. The summed E-state index contributed by atoms with van der Waals surface area (Å²) >= 11 is 0. The zero-order valence-corrected chi connectivity index (χ0v) is 16.6. The third-order valence-electron chi connectivity index (χ3n) is 2.65. The van der Waals surface area contributed by atoms with Crippen molar-refractivity contribution in [2.45, 2.75) is 39.3 Å². The minimum Gasteiger partial charge on any atom is -0.497 e. The molecule has 5 nitrogen and oxygen atoms in total. The van der Waals surface area contributed by atoms with E-state index in [2.05, 4.69) is 36.4 Å². The summed E-state index contributed by atoms with van der Waals surface area (Å²) in [7, 11) is 3.40. The second-order valence-corrected chi connectivity index (χ2v) is 5.94. The number of nitrogens with zero attached hydrogens (tertiary/aromatic N) is 1. The van der Waals surface area contributed by atoms with E-state index in [-0.39, 0.29) is 35.6 Å². The Labute approximate surface area is 150 Å². The van der Waals surface area contributed by atoms with Crippen molar-refractivity contribution in [1.82, 2.24) is 10.6 Å². The molecular weight excluding hydrogens is 393 g/mol. The molecule has 1 rings (SSSR count). The zero-order chi connectivity index (χ0) is 15.9. The Balaban J connectivity index is 0.00000441. The molecule has 2 N–H and O–H groups in total. The van der Waals surface area contributed by atoms with E-state index in [1.54, 1.807) is 14.2 Å². The molecule has 0 amide bonds. The van der Waals surface area contributed by atoms with Gasteiger partial charge in [0, 0.05) is 18.7 Å². The fourth-order valence-corrected chi connectivity index (χ4v) is 1.72. The van der Waals surface area contributed by atoms with Crippen molar-refractivity contribution in [1.29, 1.82) is 0 Å². The molecule has 0 aliphatic rings. The molecule has 0 saturated heterocycles. The van der Waals surface area contributed by atoms with Crippen LogP contribution >= 0.6 is 24.0 Å². The number of guanidine groups is 1. The Hall–Kier alpha value is -1.18. The second kappa shape index (κ2) is 9.76.